The second kappa shape index (κ2) is 9.25. The molecular weight excluding hydrogens is 392 g/mol. The fourth-order valence-corrected chi connectivity index (χ4v) is 4.30. The number of methoxy groups -OCH3 is 1. The lowest BCUT2D eigenvalue weighted by Crippen LogP contribution is -2.06. The monoisotopic (exact) mass is 420 g/mol. The fraction of sp³-hybridized carbons (Fsp3) is 0.360. The van der Waals surface area contributed by atoms with Crippen molar-refractivity contribution in [2.45, 2.75) is 51.6 Å². The number of aromatic amines is 1. The second-order valence-corrected chi connectivity index (χ2v) is 8.16. The number of aromatic nitrogens is 1. The number of esters is 1. The summed E-state index contributed by atoms with van der Waals surface area (Å²) < 4.78 is 10.9. The number of hydrogen-bond acceptors (Lipinski definition) is 4. The number of rotatable bonds is 6. The van der Waals surface area contributed by atoms with Gasteiger partial charge in [-0.1, -0.05) is 43.5 Å². The Hall–Kier alpha value is -3.28. The van der Waals surface area contributed by atoms with Crippen LogP contribution < -0.4 is 10.1 Å². The standard InChI is InChI=1S/C25H28N2O4/c1-16(28)26-20-12-22-21(14-23(27-22)25(29)30-2)24(13-20)31-15-17-8-10-19(11-9-17)18-6-4-3-5-7-18/h8-14,18,27H,3-7,15H2,1-2H3,(H,26,28). The topological polar surface area (TPSA) is 80.4 Å². The van der Waals surface area contributed by atoms with Crippen molar-refractivity contribution in [3.8, 4) is 5.75 Å². The van der Waals surface area contributed by atoms with E-state index in [4.69, 9.17) is 9.47 Å². The van der Waals surface area contributed by atoms with Gasteiger partial charge in [-0.05, 0) is 42.0 Å². The Kier molecular flexibility index (Phi) is 6.26. The molecule has 0 aliphatic heterocycles. The molecule has 1 saturated carbocycles. The van der Waals surface area contributed by atoms with Crippen molar-refractivity contribution in [2.75, 3.05) is 12.4 Å². The third-order valence-electron chi connectivity index (χ3n) is 5.88. The van der Waals surface area contributed by atoms with Crippen LogP contribution in [0.15, 0.2) is 42.5 Å². The minimum atomic E-state index is -0.457. The highest BCUT2D eigenvalue weighted by atomic mass is 16.5. The van der Waals surface area contributed by atoms with E-state index in [0.29, 0.717) is 35.2 Å². The van der Waals surface area contributed by atoms with Gasteiger partial charge in [-0.25, -0.2) is 4.79 Å². The Bertz CT molecular complexity index is 1080. The first-order valence-electron chi connectivity index (χ1n) is 10.8. The SMILES string of the molecule is COC(=O)c1cc2c(OCc3ccc(C4CCCCC4)cc3)cc(NC(C)=O)cc2[nH]1. The molecule has 0 spiro atoms. The van der Waals surface area contributed by atoms with Crippen LogP contribution in [0, 0.1) is 0 Å². The third kappa shape index (κ3) is 4.90. The molecule has 31 heavy (non-hydrogen) atoms. The van der Waals surface area contributed by atoms with E-state index in [-0.39, 0.29) is 5.91 Å². The third-order valence-corrected chi connectivity index (χ3v) is 5.88. The number of nitrogens with one attached hydrogen (secondary N) is 2. The van der Waals surface area contributed by atoms with Gasteiger partial charge in [0.05, 0.1) is 12.6 Å². The summed E-state index contributed by atoms with van der Waals surface area (Å²) in [6.45, 7) is 1.84. The molecule has 1 amide bonds. The Balaban J connectivity index is 1.55. The summed E-state index contributed by atoms with van der Waals surface area (Å²) in [5.41, 5.74) is 4.10. The molecule has 1 fully saturated rings. The van der Waals surface area contributed by atoms with Gasteiger partial charge in [0.1, 0.15) is 18.1 Å². The lowest BCUT2D eigenvalue weighted by molar-refractivity contribution is -0.114. The average Bonchev–Trinajstić information content (AvgIpc) is 3.22. The Morgan fingerprint density at radius 1 is 1.06 bits per heavy atom. The first-order valence-corrected chi connectivity index (χ1v) is 10.8. The molecule has 162 valence electrons. The van der Waals surface area contributed by atoms with Crippen LogP contribution in [-0.4, -0.2) is 24.0 Å². The van der Waals surface area contributed by atoms with Gasteiger partial charge in [0, 0.05) is 24.1 Å². The smallest absolute Gasteiger partial charge is 0.354 e. The molecule has 1 aliphatic carbocycles. The number of carbonyl (C=O) groups is 2. The number of H-pyrrole nitrogens is 1. The molecule has 1 heterocycles. The maximum absolute atomic E-state index is 11.9. The van der Waals surface area contributed by atoms with Crippen LogP contribution in [0.1, 0.15) is 66.6 Å². The summed E-state index contributed by atoms with van der Waals surface area (Å²) in [6, 6.07) is 13.9. The number of carbonyl (C=O) groups excluding carboxylic acids is 2. The molecule has 0 atom stereocenters. The highest BCUT2D eigenvalue weighted by Gasteiger charge is 2.16. The summed E-state index contributed by atoms with van der Waals surface area (Å²) in [6.07, 6.45) is 6.55. The van der Waals surface area contributed by atoms with Crippen molar-refractivity contribution < 1.29 is 19.1 Å². The number of hydrogen-bond donors (Lipinski definition) is 2. The average molecular weight is 421 g/mol. The van der Waals surface area contributed by atoms with Crippen LogP contribution in [0.25, 0.3) is 10.9 Å². The Morgan fingerprint density at radius 2 is 1.81 bits per heavy atom. The van der Waals surface area contributed by atoms with Crippen LogP contribution in [0.3, 0.4) is 0 Å². The summed E-state index contributed by atoms with van der Waals surface area (Å²) in [5.74, 6) is 0.628. The van der Waals surface area contributed by atoms with Crippen molar-refractivity contribution in [3.05, 3.63) is 59.3 Å². The molecule has 3 aromatic rings. The zero-order valence-electron chi connectivity index (χ0n) is 18.0. The maximum atomic E-state index is 11.9. The van der Waals surface area contributed by atoms with E-state index < -0.39 is 5.97 Å². The minimum Gasteiger partial charge on any atom is -0.488 e. The van der Waals surface area contributed by atoms with Gasteiger partial charge in [0.2, 0.25) is 5.91 Å². The molecule has 2 aromatic carbocycles. The van der Waals surface area contributed by atoms with E-state index in [1.165, 1.54) is 51.7 Å². The number of ether oxygens (including phenoxy) is 2. The number of amides is 1. The molecule has 6 nitrogen and oxygen atoms in total. The fourth-order valence-electron chi connectivity index (χ4n) is 4.30. The van der Waals surface area contributed by atoms with Crippen LogP contribution in [0.4, 0.5) is 5.69 Å². The molecule has 2 N–H and O–H groups in total. The van der Waals surface area contributed by atoms with Crippen LogP contribution >= 0.6 is 0 Å². The Morgan fingerprint density at radius 3 is 2.48 bits per heavy atom. The summed E-state index contributed by atoms with van der Waals surface area (Å²) in [4.78, 5) is 26.5. The van der Waals surface area contributed by atoms with Crippen molar-refractivity contribution in [2.24, 2.45) is 0 Å². The van der Waals surface area contributed by atoms with Crippen molar-refractivity contribution >= 4 is 28.5 Å². The molecule has 1 aromatic heterocycles. The van der Waals surface area contributed by atoms with Gasteiger partial charge < -0.3 is 19.8 Å². The largest absolute Gasteiger partial charge is 0.488 e. The molecule has 4 rings (SSSR count). The molecule has 0 radical (unpaired) electrons. The minimum absolute atomic E-state index is 0.177. The summed E-state index contributed by atoms with van der Waals surface area (Å²) >= 11 is 0. The van der Waals surface area contributed by atoms with E-state index in [1.807, 2.05) is 0 Å². The zero-order valence-corrected chi connectivity index (χ0v) is 18.0. The van der Waals surface area contributed by atoms with E-state index in [9.17, 15) is 9.59 Å². The van der Waals surface area contributed by atoms with Crippen molar-refractivity contribution in [1.82, 2.24) is 4.98 Å². The summed E-state index contributed by atoms with van der Waals surface area (Å²) in [5, 5.41) is 3.53. The van der Waals surface area contributed by atoms with Crippen LogP contribution in [0.5, 0.6) is 5.75 Å². The highest BCUT2D eigenvalue weighted by molar-refractivity contribution is 6.00. The van der Waals surface area contributed by atoms with Gasteiger partial charge in [0.15, 0.2) is 0 Å². The first-order chi connectivity index (χ1) is 15.0. The van der Waals surface area contributed by atoms with Gasteiger partial charge in [-0.3, -0.25) is 4.79 Å². The normalized spacial score (nSPS) is 14.4. The van der Waals surface area contributed by atoms with E-state index in [0.717, 1.165) is 10.9 Å². The van der Waals surface area contributed by atoms with E-state index in [2.05, 4.69) is 34.6 Å². The predicted molar refractivity (Wildman–Crippen MR) is 121 cm³/mol. The molecule has 1 aliphatic rings. The number of anilines is 1. The molecule has 0 unspecified atom stereocenters. The number of benzene rings is 2. The molecule has 0 bridgehead atoms. The van der Waals surface area contributed by atoms with E-state index >= 15 is 0 Å². The molecule has 6 heteroatoms. The van der Waals surface area contributed by atoms with Gasteiger partial charge in [-0.2, -0.15) is 0 Å². The van der Waals surface area contributed by atoms with Crippen molar-refractivity contribution in [1.29, 1.82) is 0 Å². The van der Waals surface area contributed by atoms with Gasteiger partial charge >= 0.3 is 5.97 Å². The lowest BCUT2D eigenvalue weighted by Gasteiger charge is -2.22. The summed E-state index contributed by atoms with van der Waals surface area (Å²) in [7, 11) is 1.34. The number of fused-ring (bicyclic) bond motifs is 1. The first kappa shape index (κ1) is 21.0. The predicted octanol–water partition coefficient (Wildman–Crippen LogP) is 5.54. The lowest BCUT2D eigenvalue weighted by atomic mass is 9.84. The quantitative estimate of drug-likeness (QED) is 0.513. The van der Waals surface area contributed by atoms with Crippen LogP contribution in [-0.2, 0) is 16.1 Å². The van der Waals surface area contributed by atoms with Crippen molar-refractivity contribution in [3.63, 3.8) is 0 Å². The van der Waals surface area contributed by atoms with Crippen LogP contribution in [0.2, 0.25) is 0 Å². The highest BCUT2D eigenvalue weighted by Crippen LogP contribution is 2.34. The van der Waals surface area contributed by atoms with Gasteiger partial charge in [-0.15, -0.1) is 0 Å². The molecule has 0 saturated heterocycles. The second-order valence-electron chi connectivity index (χ2n) is 8.16. The van der Waals surface area contributed by atoms with E-state index in [1.54, 1.807) is 18.2 Å². The zero-order chi connectivity index (χ0) is 21.8. The Labute approximate surface area is 181 Å². The van der Waals surface area contributed by atoms with Gasteiger partial charge in [0.25, 0.3) is 0 Å². The maximum Gasteiger partial charge on any atom is 0.354 e. The molecular formula is C25H28N2O4.